The summed E-state index contributed by atoms with van der Waals surface area (Å²) in [5.41, 5.74) is 2.98. The highest BCUT2D eigenvalue weighted by atomic mass is 35.5. The molecule has 0 aliphatic carbocycles. The first-order valence-corrected chi connectivity index (χ1v) is 4.79. The molecular weight excluding hydrogens is 234 g/mol. The molecule has 1 aromatic carbocycles. The number of nitrogens with one attached hydrogen (secondary N) is 1. The van der Waals surface area contributed by atoms with E-state index in [9.17, 15) is 9.59 Å². The van der Waals surface area contributed by atoms with Crippen LogP contribution in [0.2, 0.25) is 5.02 Å². The van der Waals surface area contributed by atoms with Crippen molar-refractivity contribution in [2.45, 2.75) is 6.92 Å². The van der Waals surface area contributed by atoms with Gasteiger partial charge in [-0.1, -0.05) is 17.7 Å². The van der Waals surface area contributed by atoms with Crippen molar-refractivity contribution in [1.29, 1.82) is 0 Å². The first kappa shape index (κ1) is 12.5. The van der Waals surface area contributed by atoms with Crippen molar-refractivity contribution in [3.8, 4) is 0 Å². The highest BCUT2D eigenvalue weighted by molar-refractivity contribution is 6.31. The molecule has 0 saturated carbocycles. The van der Waals surface area contributed by atoms with Gasteiger partial charge in [-0.15, -0.1) is 0 Å². The van der Waals surface area contributed by atoms with Crippen LogP contribution in [-0.2, 0) is 9.63 Å². The van der Waals surface area contributed by atoms with E-state index in [1.807, 2.05) is 5.48 Å². The quantitative estimate of drug-likeness (QED) is 0.784. The molecule has 0 aliphatic rings. The maximum Gasteiger partial charge on any atom is 0.332 e. The Morgan fingerprint density at radius 3 is 2.81 bits per heavy atom. The third-order valence-corrected chi connectivity index (χ3v) is 2.28. The molecule has 1 amide bonds. The Hall–Kier alpha value is -1.59. The van der Waals surface area contributed by atoms with Gasteiger partial charge in [-0.2, -0.15) is 0 Å². The number of carbonyl (C=O) groups is 2. The molecule has 1 rings (SSSR count). The number of benzene rings is 1. The van der Waals surface area contributed by atoms with Crippen LogP contribution in [0.1, 0.15) is 15.9 Å². The van der Waals surface area contributed by atoms with Crippen LogP contribution in [0.5, 0.6) is 0 Å². The van der Waals surface area contributed by atoms with E-state index in [0.717, 1.165) is 0 Å². The standard InChI is InChI=1S/C10H10ClNO4/c1-6-7(3-2-4-8(6)11)10(15)12-16-5-9(13)14/h2-4H,5H2,1H3,(H,12,15)(H,13,14). The van der Waals surface area contributed by atoms with Crippen LogP contribution in [0.25, 0.3) is 0 Å². The molecule has 0 atom stereocenters. The average Bonchev–Trinajstić information content (AvgIpc) is 2.21. The number of carboxylic acid groups (broad SMARTS) is 1. The first-order valence-electron chi connectivity index (χ1n) is 4.41. The Morgan fingerprint density at radius 2 is 2.19 bits per heavy atom. The number of rotatable bonds is 4. The number of aliphatic carboxylic acids is 1. The largest absolute Gasteiger partial charge is 0.479 e. The Kier molecular flexibility index (Phi) is 4.28. The highest BCUT2D eigenvalue weighted by Gasteiger charge is 2.11. The molecule has 0 spiro atoms. The van der Waals surface area contributed by atoms with Crippen molar-refractivity contribution in [3.05, 3.63) is 34.3 Å². The summed E-state index contributed by atoms with van der Waals surface area (Å²) < 4.78 is 0. The number of halogens is 1. The molecule has 1 aromatic rings. The van der Waals surface area contributed by atoms with Crippen molar-refractivity contribution in [2.75, 3.05) is 6.61 Å². The maximum atomic E-state index is 11.5. The lowest BCUT2D eigenvalue weighted by Crippen LogP contribution is -2.27. The van der Waals surface area contributed by atoms with E-state index < -0.39 is 18.5 Å². The van der Waals surface area contributed by atoms with E-state index in [2.05, 4.69) is 4.84 Å². The molecule has 0 unspecified atom stereocenters. The summed E-state index contributed by atoms with van der Waals surface area (Å²) >= 11 is 5.83. The zero-order chi connectivity index (χ0) is 12.1. The minimum atomic E-state index is -1.16. The second-order valence-electron chi connectivity index (χ2n) is 3.03. The third kappa shape index (κ3) is 3.22. The topological polar surface area (TPSA) is 75.6 Å². The van der Waals surface area contributed by atoms with E-state index >= 15 is 0 Å². The van der Waals surface area contributed by atoms with Gasteiger partial charge in [-0.25, -0.2) is 10.3 Å². The minimum absolute atomic E-state index is 0.345. The molecule has 2 N–H and O–H groups in total. The molecule has 0 fully saturated rings. The second-order valence-corrected chi connectivity index (χ2v) is 3.43. The highest BCUT2D eigenvalue weighted by Crippen LogP contribution is 2.18. The molecule has 0 aromatic heterocycles. The molecule has 86 valence electrons. The van der Waals surface area contributed by atoms with Gasteiger partial charge in [0, 0.05) is 10.6 Å². The van der Waals surface area contributed by atoms with Crippen molar-refractivity contribution >= 4 is 23.5 Å². The number of hydroxylamine groups is 1. The molecule has 0 heterocycles. The van der Waals surface area contributed by atoms with E-state index in [4.69, 9.17) is 16.7 Å². The fourth-order valence-electron chi connectivity index (χ4n) is 1.07. The van der Waals surface area contributed by atoms with Crippen LogP contribution in [0.3, 0.4) is 0 Å². The maximum absolute atomic E-state index is 11.5. The van der Waals surface area contributed by atoms with Crippen LogP contribution in [0.4, 0.5) is 0 Å². The van der Waals surface area contributed by atoms with Gasteiger partial charge in [0.15, 0.2) is 6.61 Å². The summed E-state index contributed by atoms with van der Waals surface area (Å²) in [6, 6.07) is 4.86. The SMILES string of the molecule is Cc1c(Cl)cccc1C(=O)NOCC(=O)O. The van der Waals surface area contributed by atoms with Crippen LogP contribution in [-0.4, -0.2) is 23.6 Å². The first-order chi connectivity index (χ1) is 7.52. The third-order valence-electron chi connectivity index (χ3n) is 1.87. The summed E-state index contributed by atoms with van der Waals surface area (Å²) in [6.45, 7) is 1.10. The molecule has 6 heteroatoms. The number of carboxylic acids is 1. The monoisotopic (exact) mass is 243 g/mol. The van der Waals surface area contributed by atoms with E-state index in [0.29, 0.717) is 16.1 Å². The zero-order valence-corrected chi connectivity index (χ0v) is 9.25. The molecule has 0 aliphatic heterocycles. The van der Waals surface area contributed by atoms with E-state index in [-0.39, 0.29) is 0 Å². The van der Waals surface area contributed by atoms with Crippen LogP contribution < -0.4 is 5.48 Å². The fourth-order valence-corrected chi connectivity index (χ4v) is 1.25. The van der Waals surface area contributed by atoms with Crippen molar-refractivity contribution in [2.24, 2.45) is 0 Å². The van der Waals surface area contributed by atoms with E-state index in [1.165, 1.54) is 0 Å². The fraction of sp³-hybridized carbons (Fsp3) is 0.200. The Labute approximate surface area is 96.9 Å². The Morgan fingerprint density at radius 1 is 1.50 bits per heavy atom. The zero-order valence-electron chi connectivity index (χ0n) is 8.49. The number of hydrogen-bond donors (Lipinski definition) is 2. The lowest BCUT2D eigenvalue weighted by atomic mass is 10.1. The van der Waals surface area contributed by atoms with Gasteiger partial charge in [0.25, 0.3) is 5.91 Å². The second kappa shape index (κ2) is 5.48. The number of amides is 1. The summed E-state index contributed by atoms with van der Waals surface area (Å²) in [6.07, 6.45) is 0. The van der Waals surface area contributed by atoms with Gasteiger partial charge >= 0.3 is 5.97 Å². The number of hydrogen-bond acceptors (Lipinski definition) is 3. The summed E-state index contributed by atoms with van der Waals surface area (Å²) in [5, 5.41) is 8.76. The molecule has 5 nitrogen and oxygen atoms in total. The molecule has 0 bridgehead atoms. The predicted octanol–water partition coefficient (Wildman–Crippen LogP) is 1.39. The normalized spacial score (nSPS) is 9.88. The van der Waals surface area contributed by atoms with Crippen molar-refractivity contribution in [3.63, 3.8) is 0 Å². The van der Waals surface area contributed by atoms with Crippen molar-refractivity contribution in [1.82, 2.24) is 5.48 Å². The lowest BCUT2D eigenvalue weighted by molar-refractivity contribution is -0.144. The molecular formula is C10H10ClNO4. The van der Waals surface area contributed by atoms with Gasteiger partial charge in [-0.05, 0) is 24.6 Å². The van der Waals surface area contributed by atoms with Gasteiger partial charge in [0.05, 0.1) is 0 Å². The summed E-state index contributed by atoms with van der Waals surface area (Å²) in [4.78, 5) is 26.1. The Bertz CT molecular complexity index is 419. The van der Waals surface area contributed by atoms with Gasteiger partial charge in [0.1, 0.15) is 0 Å². The van der Waals surface area contributed by atoms with Gasteiger partial charge in [0.2, 0.25) is 0 Å². The molecule has 0 saturated heterocycles. The smallest absolute Gasteiger partial charge is 0.332 e. The lowest BCUT2D eigenvalue weighted by Gasteiger charge is -2.07. The Balaban J connectivity index is 2.66. The number of carbonyl (C=O) groups excluding carboxylic acids is 1. The van der Waals surface area contributed by atoms with Crippen LogP contribution in [0, 0.1) is 6.92 Å². The van der Waals surface area contributed by atoms with Crippen LogP contribution >= 0.6 is 11.6 Å². The van der Waals surface area contributed by atoms with Gasteiger partial charge < -0.3 is 5.11 Å². The summed E-state index contributed by atoms with van der Waals surface area (Å²) in [7, 11) is 0. The van der Waals surface area contributed by atoms with Crippen LogP contribution in [0.15, 0.2) is 18.2 Å². The van der Waals surface area contributed by atoms with Gasteiger partial charge in [-0.3, -0.25) is 9.63 Å². The molecule has 0 radical (unpaired) electrons. The average molecular weight is 244 g/mol. The summed E-state index contributed by atoms with van der Waals surface area (Å²) in [5.74, 6) is -1.69. The molecule has 16 heavy (non-hydrogen) atoms. The van der Waals surface area contributed by atoms with Crippen molar-refractivity contribution < 1.29 is 19.5 Å². The minimum Gasteiger partial charge on any atom is -0.479 e. The van der Waals surface area contributed by atoms with E-state index in [1.54, 1.807) is 25.1 Å². The predicted molar refractivity (Wildman–Crippen MR) is 57.2 cm³/mol.